The molecule has 1 heterocycles. The van der Waals surface area contributed by atoms with Crippen molar-refractivity contribution in [2.75, 3.05) is 39.4 Å². The van der Waals surface area contributed by atoms with Crippen LogP contribution in [-0.2, 0) is 17.7 Å². The number of morpholine rings is 1. The van der Waals surface area contributed by atoms with Crippen molar-refractivity contribution in [1.29, 1.82) is 0 Å². The highest BCUT2D eigenvalue weighted by molar-refractivity contribution is 5.22. The summed E-state index contributed by atoms with van der Waals surface area (Å²) in [6, 6.07) is 8.91. The van der Waals surface area contributed by atoms with Crippen molar-refractivity contribution < 1.29 is 29.6 Å². The van der Waals surface area contributed by atoms with E-state index in [4.69, 9.17) is 4.74 Å². The molecule has 0 spiro atoms. The van der Waals surface area contributed by atoms with E-state index >= 15 is 0 Å². The number of hydrogen-bond acceptors (Lipinski definition) is 3. The molecule has 3 nitrogen and oxygen atoms in total. The Morgan fingerprint density at radius 2 is 1.67 bits per heavy atom. The molecule has 0 unspecified atom stereocenters. The minimum atomic E-state index is 0. The lowest BCUT2D eigenvalue weighted by Crippen LogP contribution is -3.00. The Kier molecular flexibility index (Phi) is 12.1. The van der Waals surface area contributed by atoms with Gasteiger partial charge in [-0.2, -0.15) is 0 Å². The van der Waals surface area contributed by atoms with Crippen molar-refractivity contribution in [1.82, 2.24) is 10.2 Å². The predicted molar refractivity (Wildman–Crippen MR) is 79.4 cm³/mol. The molecule has 0 saturated carbocycles. The van der Waals surface area contributed by atoms with Crippen LogP contribution in [0.25, 0.3) is 0 Å². The highest BCUT2D eigenvalue weighted by Crippen LogP contribution is 2.04. The van der Waals surface area contributed by atoms with Gasteiger partial charge in [0.15, 0.2) is 0 Å². The molecule has 0 atom stereocenters. The zero-order valence-electron chi connectivity index (χ0n) is 12.8. The van der Waals surface area contributed by atoms with Crippen molar-refractivity contribution >= 4 is 0 Å². The second-order valence-electron chi connectivity index (χ2n) is 5.15. The molecule has 1 aromatic carbocycles. The lowest BCUT2D eigenvalue weighted by Gasteiger charge is -2.26. The highest BCUT2D eigenvalue weighted by Gasteiger charge is 2.08. The first-order valence-corrected chi connectivity index (χ1v) is 7.47. The van der Waals surface area contributed by atoms with E-state index in [2.05, 4.69) is 41.4 Å². The number of rotatable bonds is 7. The lowest BCUT2D eigenvalue weighted by atomic mass is 10.1. The van der Waals surface area contributed by atoms with Gasteiger partial charge in [-0.25, -0.2) is 0 Å². The van der Waals surface area contributed by atoms with Crippen molar-refractivity contribution in [2.24, 2.45) is 0 Å². The van der Waals surface area contributed by atoms with E-state index in [-0.39, 0.29) is 24.8 Å². The third-order valence-electron chi connectivity index (χ3n) is 3.69. The number of benzene rings is 1. The first-order chi connectivity index (χ1) is 9.38. The van der Waals surface area contributed by atoms with Crippen LogP contribution in [0.15, 0.2) is 24.3 Å². The molecule has 0 aromatic heterocycles. The third kappa shape index (κ3) is 8.03. The van der Waals surface area contributed by atoms with E-state index in [1.165, 1.54) is 24.1 Å². The molecule has 1 aliphatic rings. The van der Waals surface area contributed by atoms with Gasteiger partial charge in [-0.1, -0.05) is 31.2 Å². The van der Waals surface area contributed by atoms with Crippen LogP contribution in [0.4, 0.5) is 0 Å². The van der Waals surface area contributed by atoms with Crippen molar-refractivity contribution in [3.63, 3.8) is 0 Å². The van der Waals surface area contributed by atoms with Crippen LogP contribution < -0.4 is 30.1 Å². The molecule has 1 aromatic rings. The Balaban J connectivity index is 0.00000200. The van der Waals surface area contributed by atoms with E-state index in [0.717, 1.165) is 45.8 Å². The Morgan fingerprint density at radius 1 is 1.05 bits per heavy atom. The third-order valence-corrected chi connectivity index (χ3v) is 3.69. The fourth-order valence-electron chi connectivity index (χ4n) is 2.38. The van der Waals surface area contributed by atoms with Gasteiger partial charge in [0.2, 0.25) is 0 Å². The normalized spacial score (nSPS) is 15.1. The zero-order valence-corrected chi connectivity index (χ0v) is 14.3. The first kappa shape index (κ1) is 20.7. The summed E-state index contributed by atoms with van der Waals surface area (Å²) in [5.74, 6) is 0. The molecule has 1 fully saturated rings. The van der Waals surface area contributed by atoms with Crippen LogP contribution in [-0.4, -0.2) is 44.3 Å². The van der Waals surface area contributed by atoms with Crippen LogP contribution in [0.3, 0.4) is 0 Å². The van der Waals surface area contributed by atoms with Gasteiger partial charge in [-0.05, 0) is 37.1 Å². The van der Waals surface area contributed by atoms with E-state index in [9.17, 15) is 0 Å². The molecule has 21 heavy (non-hydrogen) atoms. The number of nitrogens with zero attached hydrogens (tertiary/aromatic N) is 1. The van der Waals surface area contributed by atoms with Gasteiger partial charge in [0, 0.05) is 19.6 Å². The topological polar surface area (TPSA) is 24.5 Å². The fraction of sp³-hybridized carbons (Fsp3) is 0.625. The predicted octanol–water partition coefficient (Wildman–Crippen LogP) is -3.93. The minimum Gasteiger partial charge on any atom is -1.00 e. The Labute approximate surface area is 141 Å². The summed E-state index contributed by atoms with van der Waals surface area (Å²) in [6.45, 7) is 9.44. The largest absolute Gasteiger partial charge is 1.00 e. The summed E-state index contributed by atoms with van der Waals surface area (Å²) in [7, 11) is 0. The Morgan fingerprint density at radius 3 is 2.29 bits per heavy atom. The van der Waals surface area contributed by atoms with E-state index in [1.54, 1.807) is 0 Å². The molecule has 0 bridgehead atoms. The van der Waals surface area contributed by atoms with Crippen molar-refractivity contribution in [3.8, 4) is 0 Å². The number of ether oxygens (including phenoxy) is 1. The first-order valence-electron chi connectivity index (χ1n) is 7.47. The molecule has 5 heteroatoms. The van der Waals surface area contributed by atoms with E-state index in [1.807, 2.05) is 0 Å². The van der Waals surface area contributed by atoms with Crippen LogP contribution in [0, 0.1) is 0 Å². The average molecular weight is 333 g/mol. The molecular weight excluding hydrogens is 307 g/mol. The van der Waals surface area contributed by atoms with Gasteiger partial charge in [-0.15, -0.1) is 0 Å². The highest BCUT2D eigenvalue weighted by atomic mass is 35.5. The maximum Gasteiger partial charge on any atom is 0.0594 e. The standard InChI is InChI=1S/C16H26N2O.2ClH/c1-2-15-4-6-16(7-5-15)14-17-8-3-9-18-10-12-19-13-11-18;;/h4-7,17H,2-3,8-14H2,1H3;2*1H/p-2. The molecule has 122 valence electrons. The maximum atomic E-state index is 5.35. The van der Waals surface area contributed by atoms with Gasteiger partial charge < -0.3 is 34.9 Å². The van der Waals surface area contributed by atoms with Gasteiger partial charge >= 0.3 is 0 Å². The number of halogens is 2. The number of hydrogen-bond donors (Lipinski definition) is 1. The van der Waals surface area contributed by atoms with Gasteiger partial charge in [0.1, 0.15) is 0 Å². The summed E-state index contributed by atoms with van der Waals surface area (Å²) >= 11 is 0. The monoisotopic (exact) mass is 332 g/mol. The summed E-state index contributed by atoms with van der Waals surface area (Å²) < 4.78 is 5.35. The second kappa shape index (κ2) is 12.2. The van der Waals surface area contributed by atoms with E-state index < -0.39 is 0 Å². The summed E-state index contributed by atoms with van der Waals surface area (Å²) in [4.78, 5) is 2.49. The fourth-order valence-corrected chi connectivity index (χ4v) is 2.38. The minimum absolute atomic E-state index is 0. The zero-order chi connectivity index (χ0) is 13.3. The number of nitrogens with one attached hydrogen (secondary N) is 1. The van der Waals surface area contributed by atoms with Crippen LogP contribution in [0.1, 0.15) is 24.5 Å². The Hall–Kier alpha value is -0.320. The SMILES string of the molecule is CCc1ccc(CNCCCN2CCOCC2)cc1.[Cl-].[Cl-]. The molecule has 1 N–H and O–H groups in total. The maximum absolute atomic E-state index is 5.35. The van der Waals surface area contributed by atoms with Crippen LogP contribution in [0.5, 0.6) is 0 Å². The van der Waals surface area contributed by atoms with Crippen molar-refractivity contribution in [3.05, 3.63) is 35.4 Å². The second-order valence-corrected chi connectivity index (χ2v) is 5.15. The summed E-state index contributed by atoms with van der Waals surface area (Å²) in [6.07, 6.45) is 2.33. The van der Waals surface area contributed by atoms with Gasteiger partial charge in [0.05, 0.1) is 13.2 Å². The smallest absolute Gasteiger partial charge is 0.0594 e. The summed E-state index contributed by atoms with van der Waals surface area (Å²) in [5.41, 5.74) is 2.79. The molecule has 1 aliphatic heterocycles. The summed E-state index contributed by atoms with van der Waals surface area (Å²) in [5, 5.41) is 3.52. The lowest BCUT2D eigenvalue weighted by molar-refractivity contribution is -0.00100. The van der Waals surface area contributed by atoms with Crippen molar-refractivity contribution in [2.45, 2.75) is 26.3 Å². The van der Waals surface area contributed by atoms with Crippen LogP contribution >= 0.6 is 0 Å². The molecule has 1 saturated heterocycles. The Bertz CT molecular complexity index is 354. The molecule has 0 aliphatic carbocycles. The quantitative estimate of drug-likeness (QED) is 0.516. The van der Waals surface area contributed by atoms with E-state index in [0.29, 0.717) is 0 Å². The molecule has 0 radical (unpaired) electrons. The number of aryl methyl sites for hydroxylation is 1. The molecule has 2 rings (SSSR count). The average Bonchev–Trinajstić information content (AvgIpc) is 2.49. The van der Waals surface area contributed by atoms with Crippen LogP contribution in [0.2, 0.25) is 0 Å². The molecular formula is C16H26Cl2N2O-2. The van der Waals surface area contributed by atoms with Gasteiger partial charge in [-0.3, -0.25) is 4.90 Å². The van der Waals surface area contributed by atoms with Gasteiger partial charge in [0.25, 0.3) is 0 Å². The molecule has 0 amide bonds.